The van der Waals surface area contributed by atoms with Gasteiger partial charge in [0.15, 0.2) is 0 Å². The SMILES string of the molecule is CC(CBr)N(C)C(=O)c1ccc(Cl)c(F)c1. The van der Waals surface area contributed by atoms with Crippen LogP contribution < -0.4 is 0 Å². The van der Waals surface area contributed by atoms with Gasteiger partial charge >= 0.3 is 0 Å². The van der Waals surface area contributed by atoms with Crippen LogP contribution in [-0.2, 0) is 0 Å². The molecular weight excluding hydrogens is 296 g/mol. The summed E-state index contributed by atoms with van der Waals surface area (Å²) in [5, 5.41) is 0.693. The van der Waals surface area contributed by atoms with Gasteiger partial charge in [0.25, 0.3) is 5.91 Å². The summed E-state index contributed by atoms with van der Waals surface area (Å²) < 4.78 is 13.2. The molecule has 0 fully saturated rings. The van der Waals surface area contributed by atoms with Gasteiger partial charge in [0.1, 0.15) is 5.82 Å². The van der Waals surface area contributed by atoms with Gasteiger partial charge in [0.2, 0.25) is 0 Å². The number of hydrogen-bond donors (Lipinski definition) is 0. The Hall–Kier alpha value is -0.610. The molecule has 88 valence electrons. The molecule has 16 heavy (non-hydrogen) atoms. The fourth-order valence-corrected chi connectivity index (χ4v) is 1.69. The van der Waals surface area contributed by atoms with Crippen molar-refractivity contribution in [3.05, 3.63) is 34.6 Å². The normalized spacial score (nSPS) is 12.3. The first-order valence-corrected chi connectivity index (χ1v) is 6.25. The molecule has 0 heterocycles. The predicted octanol–water partition coefficient (Wildman–Crippen LogP) is 3.33. The molecule has 0 saturated heterocycles. The maximum Gasteiger partial charge on any atom is 0.253 e. The molecule has 0 bridgehead atoms. The van der Waals surface area contributed by atoms with Gasteiger partial charge in [-0.2, -0.15) is 0 Å². The number of carbonyl (C=O) groups excluding carboxylic acids is 1. The Bertz CT molecular complexity index is 400. The molecular formula is C11H12BrClFNO. The van der Waals surface area contributed by atoms with E-state index in [0.717, 1.165) is 6.07 Å². The first kappa shape index (κ1) is 13.5. The third-order valence-corrected chi connectivity index (χ3v) is 3.61. The highest BCUT2D eigenvalue weighted by Gasteiger charge is 2.17. The van der Waals surface area contributed by atoms with Crippen molar-refractivity contribution >= 4 is 33.4 Å². The minimum Gasteiger partial charge on any atom is -0.338 e. The van der Waals surface area contributed by atoms with Gasteiger partial charge in [-0.15, -0.1) is 0 Å². The molecule has 0 aromatic heterocycles. The molecule has 1 aromatic rings. The summed E-state index contributed by atoms with van der Waals surface area (Å²) in [4.78, 5) is 13.5. The molecule has 1 unspecified atom stereocenters. The van der Waals surface area contributed by atoms with E-state index in [1.807, 2.05) is 6.92 Å². The number of rotatable bonds is 3. The summed E-state index contributed by atoms with van der Waals surface area (Å²) in [5.41, 5.74) is 0.303. The van der Waals surface area contributed by atoms with Crippen molar-refractivity contribution in [3.8, 4) is 0 Å². The van der Waals surface area contributed by atoms with Gasteiger partial charge < -0.3 is 4.90 Å². The molecule has 0 aliphatic carbocycles. The van der Waals surface area contributed by atoms with E-state index in [0.29, 0.717) is 10.9 Å². The number of benzene rings is 1. The minimum absolute atomic E-state index is 0.0211. The number of nitrogens with zero attached hydrogens (tertiary/aromatic N) is 1. The van der Waals surface area contributed by atoms with Crippen LogP contribution in [0.1, 0.15) is 17.3 Å². The molecule has 1 aromatic carbocycles. The van der Waals surface area contributed by atoms with Gasteiger partial charge in [-0.25, -0.2) is 4.39 Å². The zero-order chi connectivity index (χ0) is 12.3. The maximum atomic E-state index is 13.2. The van der Waals surface area contributed by atoms with E-state index in [1.165, 1.54) is 12.1 Å². The molecule has 1 atom stereocenters. The number of carbonyl (C=O) groups is 1. The number of alkyl halides is 1. The highest BCUT2D eigenvalue weighted by Crippen LogP contribution is 2.17. The lowest BCUT2D eigenvalue weighted by molar-refractivity contribution is 0.0757. The Morgan fingerprint density at radius 3 is 2.75 bits per heavy atom. The molecule has 0 spiro atoms. The van der Waals surface area contributed by atoms with Crippen LogP contribution in [-0.4, -0.2) is 29.2 Å². The van der Waals surface area contributed by atoms with Crippen LogP contribution in [0.25, 0.3) is 0 Å². The summed E-state index contributed by atoms with van der Waals surface area (Å²) in [6, 6.07) is 4.11. The van der Waals surface area contributed by atoms with Gasteiger partial charge in [-0.1, -0.05) is 27.5 Å². The smallest absolute Gasteiger partial charge is 0.253 e. The Morgan fingerprint density at radius 1 is 1.62 bits per heavy atom. The maximum absolute atomic E-state index is 13.2. The van der Waals surface area contributed by atoms with E-state index in [2.05, 4.69) is 15.9 Å². The largest absolute Gasteiger partial charge is 0.338 e. The van der Waals surface area contributed by atoms with E-state index in [1.54, 1.807) is 11.9 Å². The monoisotopic (exact) mass is 307 g/mol. The van der Waals surface area contributed by atoms with Crippen LogP contribution in [0.3, 0.4) is 0 Å². The lowest BCUT2D eigenvalue weighted by Gasteiger charge is -2.23. The van der Waals surface area contributed by atoms with Crippen molar-refractivity contribution in [2.75, 3.05) is 12.4 Å². The van der Waals surface area contributed by atoms with Crippen LogP contribution in [0.2, 0.25) is 5.02 Å². The topological polar surface area (TPSA) is 20.3 Å². The van der Waals surface area contributed by atoms with Crippen molar-refractivity contribution in [2.45, 2.75) is 13.0 Å². The van der Waals surface area contributed by atoms with Crippen molar-refractivity contribution in [1.29, 1.82) is 0 Å². The molecule has 0 radical (unpaired) electrons. The highest BCUT2D eigenvalue weighted by atomic mass is 79.9. The van der Waals surface area contributed by atoms with Gasteiger partial charge in [0, 0.05) is 24.0 Å². The fraction of sp³-hybridized carbons (Fsp3) is 0.364. The van der Waals surface area contributed by atoms with Crippen LogP contribution in [0.15, 0.2) is 18.2 Å². The van der Waals surface area contributed by atoms with Crippen molar-refractivity contribution in [1.82, 2.24) is 4.90 Å². The third-order valence-electron chi connectivity index (χ3n) is 2.37. The van der Waals surface area contributed by atoms with E-state index in [9.17, 15) is 9.18 Å². The zero-order valence-electron chi connectivity index (χ0n) is 9.01. The van der Waals surface area contributed by atoms with Crippen LogP contribution in [0.5, 0.6) is 0 Å². The zero-order valence-corrected chi connectivity index (χ0v) is 11.3. The number of hydrogen-bond acceptors (Lipinski definition) is 1. The molecule has 0 aliphatic rings. The van der Waals surface area contributed by atoms with Gasteiger partial charge in [-0.05, 0) is 25.1 Å². The Morgan fingerprint density at radius 2 is 2.25 bits per heavy atom. The molecule has 1 amide bonds. The Kier molecular flexibility index (Phi) is 4.74. The lowest BCUT2D eigenvalue weighted by atomic mass is 10.2. The number of halogens is 3. The second kappa shape index (κ2) is 5.64. The van der Waals surface area contributed by atoms with E-state index in [4.69, 9.17) is 11.6 Å². The minimum atomic E-state index is -0.576. The second-order valence-electron chi connectivity index (χ2n) is 3.55. The van der Waals surface area contributed by atoms with Crippen molar-refractivity contribution in [2.24, 2.45) is 0 Å². The summed E-state index contributed by atoms with van der Waals surface area (Å²) in [7, 11) is 1.68. The Labute approximate surface area is 108 Å². The average Bonchev–Trinajstić information content (AvgIpc) is 2.29. The van der Waals surface area contributed by atoms with Gasteiger partial charge in [0.05, 0.1) is 5.02 Å². The van der Waals surface area contributed by atoms with Crippen molar-refractivity contribution in [3.63, 3.8) is 0 Å². The molecule has 5 heteroatoms. The predicted molar refractivity (Wildman–Crippen MR) is 66.8 cm³/mol. The third kappa shape index (κ3) is 2.95. The highest BCUT2D eigenvalue weighted by molar-refractivity contribution is 9.09. The van der Waals surface area contributed by atoms with Crippen LogP contribution in [0, 0.1) is 5.82 Å². The molecule has 0 N–H and O–H groups in total. The fourth-order valence-electron chi connectivity index (χ4n) is 1.14. The summed E-state index contributed by atoms with van der Waals surface area (Å²) in [6.45, 7) is 1.90. The first-order valence-electron chi connectivity index (χ1n) is 4.75. The lowest BCUT2D eigenvalue weighted by Crippen LogP contribution is -2.36. The molecule has 2 nitrogen and oxygen atoms in total. The van der Waals surface area contributed by atoms with E-state index < -0.39 is 5.82 Å². The summed E-state index contributed by atoms with van der Waals surface area (Å²) in [6.07, 6.45) is 0. The average molecular weight is 309 g/mol. The van der Waals surface area contributed by atoms with Crippen LogP contribution in [0.4, 0.5) is 4.39 Å². The molecule has 1 rings (SSSR count). The summed E-state index contributed by atoms with van der Waals surface area (Å²) >= 11 is 8.84. The Balaban J connectivity index is 2.92. The van der Waals surface area contributed by atoms with E-state index >= 15 is 0 Å². The van der Waals surface area contributed by atoms with Crippen LogP contribution >= 0.6 is 27.5 Å². The standard InChI is InChI=1S/C11H12BrClFNO/c1-7(6-12)15(2)11(16)8-3-4-9(13)10(14)5-8/h3-5,7H,6H2,1-2H3. The van der Waals surface area contributed by atoms with E-state index in [-0.39, 0.29) is 17.0 Å². The second-order valence-corrected chi connectivity index (χ2v) is 4.60. The van der Waals surface area contributed by atoms with Gasteiger partial charge in [-0.3, -0.25) is 4.79 Å². The molecule has 0 saturated carbocycles. The number of amides is 1. The first-order chi connectivity index (χ1) is 7.47. The van der Waals surface area contributed by atoms with Crippen molar-refractivity contribution < 1.29 is 9.18 Å². The quantitative estimate of drug-likeness (QED) is 0.784. The summed E-state index contributed by atoms with van der Waals surface area (Å²) in [5.74, 6) is -0.796. The molecule has 0 aliphatic heterocycles.